The third-order valence-corrected chi connectivity index (χ3v) is 32.1. The third-order valence-electron chi connectivity index (χ3n) is 22.1. The lowest BCUT2D eigenvalue weighted by molar-refractivity contribution is -0.0637. The zero-order chi connectivity index (χ0) is 94.6. The summed E-state index contributed by atoms with van der Waals surface area (Å²) in [7, 11) is 0. The number of aromatic nitrogens is 20. The Morgan fingerprint density at radius 2 is 0.739 bits per heavy atom. The molecular weight excluding hydrogens is 2050 g/mol. The fraction of sp³-hybridized carbons (Fsp3) is 0.469. The number of aromatic amines is 3. The predicted octanol–water partition coefficient (Wildman–Crippen LogP) is 2.95. The first-order chi connectivity index (χ1) is 63.5. The number of nitrogens with one attached hydrogen (secondary N) is 3. The molecule has 0 aromatic carbocycles. The molecule has 720 valence electrons. The van der Waals surface area contributed by atoms with Crippen LogP contribution < -0.4 is 51.1 Å². The second kappa shape index (κ2) is 36.8. The molecule has 9 saturated heterocycles. The number of pyridine rings is 3. The van der Waals surface area contributed by atoms with Gasteiger partial charge >= 0.3 is 33.6 Å². The number of nitrogens with two attached hydrogens (primary N) is 6. The molecule has 6 unspecified atom stereocenters. The van der Waals surface area contributed by atoms with Crippen molar-refractivity contribution in [3.05, 3.63) is 111 Å². The molecule has 0 amide bonds. The van der Waals surface area contributed by atoms with Crippen LogP contribution in [0.2, 0.25) is 0 Å². The average Bonchev–Trinajstić information content (AvgIpc) is 1.61. The minimum Gasteiger partial charge on any atom is -0.398 e. The Labute approximate surface area is 779 Å². The van der Waals surface area contributed by atoms with Crippen molar-refractivity contribution in [2.75, 3.05) is 74.0 Å². The summed E-state index contributed by atoms with van der Waals surface area (Å²) in [5.74, 6) is -0.664. The summed E-state index contributed by atoms with van der Waals surface area (Å²) in [5.41, 5.74) is 31.4. The highest BCUT2D eigenvalue weighted by molar-refractivity contribution is 8.60. The van der Waals surface area contributed by atoms with Gasteiger partial charge in [0.05, 0.1) is 70.4 Å². The van der Waals surface area contributed by atoms with Crippen LogP contribution in [0, 0.1) is 0 Å². The Hall–Kier alpha value is -7.24. The van der Waals surface area contributed by atoms with Gasteiger partial charge in [0.15, 0.2) is 107 Å². The summed E-state index contributed by atoms with van der Waals surface area (Å²) in [5, 5.41) is 8.90. The highest BCUT2D eigenvalue weighted by Crippen LogP contribution is 2.62. The van der Waals surface area contributed by atoms with Gasteiger partial charge in [-0.15, -0.1) is 5.10 Å². The minimum atomic E-state index is -4.33. The molecule has 9 aliphatic rings. The van der Waals surface area contributed by atoms with Crippen molar-refractivity contribution in [1.82, 2.24) is 97.6 Å². The van der Waals surface area contributed by atoms with Crippen LogP contribution in [-0.2, 0) is 154 Å². The number of fused-ring (bicyclic) bond motifs is 15. The third kappa shape index (κ3) is 18.8. The molecular formula is C64H71F5N26O26P6S7. The van der Waals surface area contributed by atoms with Crippen molar-refractivity contribution < 1.29 is 129 Å². The molecule has 9 fully saturated rings. The first-order valence-corrected chi connectivity index (χ1v) is 55.9. The molecule has 20 N–H and O–H groups in total. The molecule has 0 aliphatic carbocycles. The second-order valence-corrected chi connectivity index (χ2v) is 49.9. The number of rotatable bonds is 6. The Bertz CT molecular complexity index is 6840. The SMILES string of the molecule is Nc1nc2c(ncn2[C@@H]2O[C@@H]3COP(O)(=S)O[C@H]4[C@H](F)[C@H](n5ccc6c(N)ccnc65)O[C@@H]4COP(=S)(S)O[C@@H]2[C@H]3F)c(=O)[nH]1.Nc1nc2c(ncn2[C@@H]2O[C@@H]3COP(O)(=S)O[C@H]4[C@H](F)[C@H](n5ccc6c(N)ccnc65)O[C@@H]4COP(O)(=S)O[C@@H]2[C@H]3F)c(=O)[nH]1.Nc1nc2c(nnn2[C@@H]2O[C@@H]3COP(O)(=S)O[C@H]4[C@H](F)[C@H](n5cnc6c(N)ccnc65)O[C@@H]4COP(O)(=S)O[C@@H]2C3)c(=O)[nH]1. The first kappa shape index (κ1) is 95.7. The van der Waals surface area contributed by atoms with Gasteiger partial charge in [0.1, 0.15) is 84.0 Å². The van der Waals surface area contributed by atoms with Crippen LogP contribution in [0.3, 0.4) is 0 Å². The number of thiol groups is 1. The maximum atomic E-state index is 16.1. The van der Waals surface area contributed by atoms with Crippen molar-refractivity contribution in [2.45, 2.75) is 148 Å². The van der Waals surface area contributed by atoms with Crippen LogP contribution in [-0.4, -0.2) is 266 Å². The fourth-order valence-corrected chi connectivity index (χ4v) is 25.2. The second-order valence-electron chi connectivity index (χ2n) is 30.7. The van der Waals surface area contributed by atoms with Crippen molar-refractivity contribution >= 4 is 224 Å². The number of imidazole rings is 3. The van der Waals surface area contributed by atoms with Crippen LogP contribution in [0.25, 0.3) is 66.7 Å². The molecule has 0 radical (unpaired) electrons. The Balaban J connectivity index is 0.000000129. The summed E-state index contributed by atoms with van der Waals surface area (Å²) in [6.45, 7) is -24.3. The van der Waals surface area contributed by atoms with Gasteiger partial charge in [0.25, 0.3) is 16.7 Å². The number of alkyl halides is 5. The zero-order valence-corrected chi connectivity index (χ0v) is 78.2. The van der Waals surface area contributed by atoms with E-state index in [4.69, 9.17) is 188 Å². The smallest absolute Gasteiger partial charge is 0.325 e. The molecule has 9 aliphatic heterocycles. The van der Waals surface area contributed by atoms with E-state index in [-0.39, 0.29) is 70.0 Å². The van der Waals surface area contributed by atoms with Crippen molar-refractivity contribution in [1.29, 1.82) is 0 Å². The molecule has 29 atom stereocenters. The number of hydrogen-bond donors (Lipinski definition) is 15. The number of anilines is 6. The summed E-state index contributed by atoms with van der Waals surface area (Å²) in [6, 6.07) is 8.01. The van der Waals surface area contributed by atoms with Gasteiger partial charge in [-0.2, -0.15) is 19.6 Å². The van der Waals surface area contributed by atoms with Gasteiger partial charge in [-0.25, -0.2) is 51.9 Å². The van der Waals surface area contributed by atoms with E-state index in [2.05, 4.69) is 82.4 Å². The molecule has 0 spiro atoms. The van der Waals surface area contributed by atoms with Crippen molar-refractivity contribution in [3.8, 4) is 0 Å². The van der Waals surface area contributed by atoms with Crippen molar-refractivity contribution in [3.63, 3.8) is 0 Å². The van der Waals surface area contributed by atoms with Crippen LogP contribution in [0.5, 0.6) is 0 Å². The summed E-state index contributed by atoms with van der Waals surface area (Å²) >= 11 is 35.8. The van der Waals surface area contributed by atoms with Gasteiger partial charge in [-0.05, 0) is 101 Å². The van der Waals surface area contributed by atoms with E-state index in [1.807, 2.05) is 0 Å². The molecule has 21 heterocycles. The van der Waals surface area contributed by atoms with Crippen LogP contribution in [0.15, 0.2) is 94.7 Å². The lowest BCUT2D eigenvalue weighted by atomic mass is 10.1. The van der Waals surface area contributed by atoms with E-state index in [0.29, 0.717) is 44.6 Å². The molecule has 6 bridgehead atoms. The Morgan fingerprint density at radius 3 is 1.21 bits per heavy atom. The first-order valence-electron chi connectivity index (χ1n) is 39.1. The van der Waals surface area contributed by atoms with E-state index in [1.165, 1.54) is 60.3 Å². The van der Waals surface area contributed by atoms with Crippen LogP contribution in [0.4, 0.5) is 56.9 Å². The van der Waals surface area contributed by atoms with Gasteiger partial charge in [-0.1, -0.05) is 17.5 Å². The normalized spacial score (nSPS) is 37.3. The largest absolute Gasteiger partial charge is 0.398 e. The minimum absolute atomic E-state index is 0.0234. The van der Waals surface area contributed by atoms with Crippen molar-refractivity contribution in [2.24, 2.45) is 0 Å². The number of nitrogens with zero attached hydrogens (tertiary/aromatic N) is 17. The fourth-order valence-electron chi connectivity index (χ4n) is 16.1. The lowest BCUT2D eigenvalue weighted by Crippen LogP contribution is -2.34. The topological polar surface area (TPSA) is 693 Å². The quantitative estimate of drug-likeness (QED) is 0.0646. The van der Waals surface area contributed by atoms with E-state index in [1.54, 1.807) is 36.5 Å². The predicted molar refractivity (Wildman–Crippen MR) is 479 cm³/mol. The molecule has 134 heavy (non-hydrogen) atoms. The molecule has 0 saturated carbocycles. The van der Waals surface area contributed by atoms with Gasteiger partial charge in [0, 0.05) is 59.6 Å². The van der Waals surface area contributed by atoms with Crippen LogP contribution in [0.1, 0.15) is 43.8 Å². The van der Waals surface area contributed by atoms with Gasteiger partial charge in [-0.3, -0.25) is 61.1 Å². The number of H-pyrrole nitrogens is 3. The lowest BCUT2D eigenvalue weighted by Gasteiger charge is -2.28. The monoisotopic (exact) mass is 2120 g/mol. The van der Waals surface area contributed by atoms with Gasteiger partial charge in [0.2, 0.25) is 23.5 Å². The number of halogens is 5. The molecule has 12 aromatic rings. The zero-order valence-electron chi connectivity index (χ0n) is 67.1. The van der Waals surface area contributed by atoms with Gasteiger partial charge < -0.3 is 133 Å². The van der Waals surface area contributed by atoms with E-state index in [9.17, 15) is 38.9 Å². The maximum absolute atomic E-state index is 16.1. The summed E-state index contributed by atoms with van der Waals surface area (Å²) in [6.07, 6.45) is -23.0. The molecule has 12 aromatic heterocycles. The Kier molecular flexibility index (Phi) is 26.2. The highest BCUT2D eigenvalue weighted by Gasteiger charge is 2.58. The van der Waals surface area contributed by atoms with E-state index in [0.717, 1.165) is 11.0 Å². The van der Waals surface area contributed by atoms with Crippen LogP contribution >= 0.6 is 51.5 Å². The molecule has 70 heteroatoms. The number of ether oxygens (including phenoxy) is 6. The standard InChI is InChI=1S/C22H24F2N8O9P2S2.C22H24F2N8O8P2S3.C20H23FN10O9P2S2/c23-12-10-5-36-42(34,44)40-15-11(39-20(13(15)24)31-4-2-8-9(25)1-3-27-17(8)31)6-37-43(35,45)41-16(12)21(38-10)32-7-28-14-18(32)29-22(26)30-19(14)33;23-12-10-5-35-41(34,43)39-15-11(38-20(13(15)24)31-4-2-8-9(25)1-3-27-17(8)31)6-36-42(44,45)40-16(12)21(37-10)32-7-28-14-18(32)29-22(26)30-19(14)33;21-11-14-10(38-19(11)30-6-25-12-8(22)1-2-24-15(12)30)5-36-41(33,43)39-9-3-7(4-35-42(34,44)40-14)37-18(9)31-16-13(28-29-31)17(32)27-20(23)26-16/h1-4,7,10-13,15-16,20-21H,5-6H2,(H2,25,27)(H,34,44)(H,35,45)(H3,26,29,30,33);1-4,7,10-13,15-16,20-21H,5-6H2,(H2,25,27)(H,34,43)(H,44,45)(H3,26,29,30,33);1-2,6-7,9-11,14,18-19H,3-5H2,(H2,22,24)(H,33,43)(H,34,44)(H3,23,26,27,32)/t10-,11-,12+,13+,15-,16-,20-,21-,42?,43?;10-,11-,12+,13+,15-,16-,20-,21-,41?;7-,9+,10+,11-,14+,18+,19+,41?,42?/m110/s1. The highest BCUT2D eigenvalue weighted by atomic mass is 32.9. The number of nitrogen functional groups attached to an aromatic ring is 6. The van der Waals surface area contributed by atoms with E-state index < -0.39 is 230 Å². The summed E-state index contributed by atoms with van der Waals surface area (Å²) in [4.78, 5) is 136. The molecule has 21 rings (SSSR count). The molecule has 52 nitrogen and oxygen atoms in total. The van der Waals surface area contributed by atoms with E-state index >= 15 is 22.0 Å². The Morgan fingerprint density at radius 1 is 0.373 bits per heavy atom. The average molecular weight is 2130 g/mol. The maximum Gasteiger partial charge on any atom is 0.325 e. The number of hydrogen-bond acceptors (Lipinski definition) is 44. The summed E-state index contributed by atoms with van der Waals surface area (Å²) < 4.78 is 191.